The first kappa shape index (κ1) is 23.6. The van der Waals surface area contributed by atoms with Gasteiger partial charge in [-0.2, -0.15) is 13.2 Å². The molecular weight excluding hydrogens is 452 g/mol. The van der Waals surface area contributed by atoms with Crippen LogP contribution in [0.25, 0.3) is 16.8 Å². The number of amides is 1. The molecule has 0 aliphatic carbocycles. The molecule has 174 valence electrons. The third kappa shape index (κ3) is 5.06. The number of halogens is 4. The van der Waals surface area contributed by atoms with E-state index in [1.54, 1.807) is 6.07 Å². The highest BCUT2D eigenvalue weighted by atomic mass is 19.4. The highest BCUT2D eigenvalue weighted by Crippen LogP contribution is 2.25. The van der Waals surface area contributed by atoms with Crippen molar-refractivity contribution in [3.63, 3.8) is 0 Å². The molecule has 0 radical (unpaired) electrons. The Morgan fingerprint density at radius 3 is 2.58 bits per heavy atom. The van der Waals surface area contributed by atoms with Crippen molar-refractivity contribution in [3.05, 3.63) is 59.0 Å². The predicted octanol–water partition coefficient (Wildman–Crippen LogP) is 1.74. The van der Waals surface area contributed by atoms with E-state index in [4.69, 9.17) is 5.73 Å². The molecule has 1 amide bonds. The van der Waals surface area contributed by atoms with Crippen molar-refractivity contribution in [2.24, 2.45) is 5.73 Å². The van der Waals surface area contributed by atoms with Gasteiger partial charge in [-0.3, -0.25) is 4.79 Å². The lowest BCUT2D eigenvalue weighted by Crippen LogP contribution is -2.38. The van der Waals surface area contributed by atoms with E-state index in [2.05, 4.69) is 14.9 Å². The quantitative estimate of drug-likeness (QED) is 0.447. The van der Waals surface area contributed by atoms with Gasteiger partial charge < -0.3 is 10.6 Å². The van der Waals surface area contributed by atoms with Gasteiger partial charge in [0.1, 0.15) is 0 Å². The summed E-state index contributed by atoms with van der Waals surface area (Å²) in [7, 11) is 0. The van der Waals surface area contributed by atoms with Crippen molar-refractivity contribution >= 4 is 23.3 Å². The number of anilines is 1. The molecule has 0 saturated carbocycles. The normalized spacial score (nSPS) is 12.1. The van der Waals surface area contributed by atoms with Gasteiger partial charge >= 0.3 is 17.8 Å². The Labute approximate surface area is 182 Å². The first-order valence-corrected chi connectivity index (χ1v) is 9.18. The summed E-state index contributed by atoms with van der Waals surface area (Å²) in [5.41, 5.74) is 5.95. The summed E-state index contributed by atoms with van der Waals surface area (Å²) in [6.07, 6.45) is -2.45. The summed E-state index contributed by atoms with van der Waals surface area (Å²) < 4.78 is 52.6. The number of hydrogen-bond acceptors (Lipinski definition) is 7. The van der Waals surface area contributed by atoms with Crippen LogP contribution in [0.1, 0.15) is 6.92 Å². The van der Waals surface area contributed by atoms with Crippen molar-refractivity contribution in [2.45, 2.75) is 19.6 Å². The summed E-state index contributed by atoms with van der Waals surface area (Å²) in [6.45, 7) is 0.632. The van der Waals surface area contributed by atoms with Crippen molar-refractivity contribution in [1.29, 1.82) is 0 Å². The third-order valence-electron chi connectivity index (χ3n) is 4.32. The molecule has 2 N–H and O–H groups in total. The minimum Gasteiger partial charge on any atom is -0.327 e. The number of carbonyl (C=O) groups is 2. The monoisotopic (exact) mass is 468 g/mol. The molecule has 3 rings (SSSR count). The first-order chi connectivity index (χ1) is 15.5. The topological polar surface area (TPSA) is 125 Å². The van der Waals surface area contributed by atoms with Crippen LogP contribution < -0.4 is 16.5 Å². The van der Waals surface area contributed by atoms with Crippen molar-refractivity contribution in [3.8, 4) is 11.1 Å². The van der Waals surface area contributed by atoms with E-state index in [9.17, 15) is 31.9 Å². The first-order valence-electron chi connectivity index (χ1n) is 9.18. The van der Waals surface area contributed by atoms with Gasteiger partial charge in [-0.15, -0.1) is 10.2 Å². The van der Waals surface area contributed by atoms with E-state index in [0.29, 0.717) is 17.5 Å². The van der Waals surface area contributed by atoms with Gasteiger partial charge in [0.05, 0.1) is 12.9 Å². The molecule has 0 aliphatic rings. The molecule has 0 atom stereocenters. The third-order valence-corrected chi connectivity index (χ3v) is 4.32. The van der Waals surface area contributed by atoms with Crippen LogP contribution in [-0.4, -0.2) is 43.8 Å². The Balaban J connectivity index is 1.98. The predicted molar refractivity (Wildman–Crippen MR) is 106 cm³/mol. The highest BCUT2D eigenvalue weighted by molar-refractivity contribution is 5.92. The molecule has 14 heteroatoms. The molecular formula is C19H16F4N6O4. The number of rotatable bonds is 5. The number of hydrogen-bond donors (Lipinski definition) is 1. The number of carbonyl (C=O) groups excluding carboxylic acids is 2. The zero-order valence-electron chi connectivity index (χ0n) is 16.9. The fourth-order valence-corrected chi connectivity index (χ4v) is 2.74. The Kier molecular flexibility index (Phi) is 6.57. The van der Waals surface area contributed by atoms with E-state index < -0.39 is 23.7 Å². The molecule has 10 nitrogen and oxygen atoms in total. The van der Waals surface area contributed by atoms with Crippen LogP contribution in [0.15, 0.2) is 53.4 Å². The molecule has 3 aromatic rings. The van der Waals surface area contributed by atoms with Crippen LogP contribution in [0.5, 0.6) is 0 Å². The molecule has 3 aromatic heterocycles. The van der Waals surface area contributed by atoms with Gasteiger partial charge in [0.15, 0.2) is 11.5 Å². The van der Waals surface area contributed by atoms with E-state index in [0.717, 1.165) is 11.6 Å². The Morgan fingerprint density at radius 1 is 1.24 bits per heavy atom. The maximum absolute atomic E-state index is 12.8. The zero-order valence-corrected chi connectivity index (χ0v) is 16.9. The maximum Gasteiger partial charge on any atom is 0.493 e. The minimum atomic E-state index is -5.32. The van der Waals surface area contributed by atoms with Gasteiger partial charge in [-0.1, -0.05) is 0 Å². The number of hydroxylamine groups is 1. The van der Waals surface area contributed by atoms with E-state index >= 15 is 0 Å². The molecule has 0 bridgehead atoms. The number of aromatic nitrogens is 4. The maximum atomic E-state index is 12.8. The summed E-state index contributed by atoms with van der Waals surface area (Å²) in [5, 5.41) is 4.19. The molecule has 0 fully saturated rings. The van der Waals surface area contributed by atoms with Crippen molar-refractivity contribution in [1.82, 2.24) is 19.2 Å². The zero-order chi connectivity index (χ0) is 24.3. The second kappa shape index (κ2) is 9.20. The molecule has 0 unspecified atom stereocenters. The van der Waals surface area contributed by atoms with Crippen LogP contribution >= 0.6 is 0 Å². The van der Waals surface area contributed by atoms with E-state index in [1.165, 1.54) is 35.0 Å². The number of alkyl halides is 3. The van der Waals surface area contributed by atoms with E-state index in [-0.39, 0.29) is 35.2 Å². The van der Waals surface area contributed by atoms with Gasteiger partial charge in [0, 0.05) is 25.9 Å². The number of pyridine rings is 2. The average molecular weight is 468 g/mol. The number of fused-ring (bicyclic) bond motifs is 1. The molecule has 0 aromatic carbocycles. The second-order valence-corrected chi connectivity index (χ2v) is 6.65. The van der Waals surface area contributed by atoms with Crippen molar-refractivity contribution in [2.75, 3.05) is 11.6 Å². The standard InChI is InChI=1S/C19H16F4N6O4/c1-11(30)29(33-17(31)19(21,22)23)16-6-13(4-5-25-16)14-2-3-15-26-28(9-12(7-20)8-24)18(32)27(15)10-14/h2-7,10H,8-9,24H2,1H3/b12-7+. The lowest BCUT2D eigenvalue weighted by molar-refractivity contribution is -0.201. The number of nitrogens with two attached hydrogens (primary N) is 1. The summed E-state index contributed by atoms with van der Waals surface area (Å²) in [4.78, 5) is 43.5. The Morgan fingerprint density at radius 2 is 1.97 bits per heavy atom. The van der Waals surface area contributed by atoms with Gasteiger partial charge in [-0.25, -0.2) is 28.0 Å². The van der Waals surface area contributed by atoms with Crippen LogP contribution in [0, 0.1) is 0 Å². The second-order valence-electron chi connectivity index (χ2n) is 6.65. The summed E-state index contributed by atoms with van der Waals surface area (Å²) in [5.74, 6) is -4.01. The lowest BCUT2D eigenvalue weighted by Gasteiger charge is -2.19. The molecule has 0 aliphatic heterocycles. The average Bonchev–Trinajstić information content (AvgIpc) is 3.09. The molecule has 0 spiro atoms. The van der Waals surface area contributed by atoms with E-state index in [1.807, 2.05) is 0 Å². The van der Waals surface area contributed by atoms with Gasteiger partial charge in [-0.05, 0) is 41.0 Å². The smallest absolute Gasteiger partial charge is 0.327 e. The molecule has 3 heterocycles. The van der Waals surface area contributed by atoms with Crippen LogP contribution in [0.3, 0.4) is 0 Å². The Hall–Kier alpha value is -4.07. The van der Waals surface area contributed by atoms with Crippen LogP contribution in [0.2, 0.25) is 0 Å². The highest BCUT2D eigenvalue weighted by Gasteiger charge is 2.43. The van der Waals surface area contributed by atoms with Crippen LogP contribution in [-0.2, 0) is 21.0 Å². The van der Waals surface area contributed by atoms with Gasteiger partial charge in [0.25, 0.3) is 5.91 Å². The largest absolute Gasteiger partial charge is 0.493 e. The fraction of sp³-hybridized carbons (Fsp3) is 0.211. The number of nitrogens with zero attached hydrogens (tertiary/aromatic N) is 5. The summed E-state index contributed by atoms with van der Waals surface area (Å²) in [6, 6.07) is 5.70. The van der Waals surface area contributed by atoms with Crippen LogP contribution in [0.4, 0.5) is 23.4 Å². The SMILES string of the molecule is CC(=O)N(OC(=O)C(F)(F)F)c1cc(-c2ccc3nn(C/C(=C/F)CN)c(=O)n3c2)ccn1. The molecule has 0 saturated heterocycles. The van der Waals surface area contributed by atoms with Gasteiger partial charge in [0.2, 0.25) is 0 Å². The fourth-order valence-electron chi connectivity index (χ4n) is 2.74. The minimum absolute atomic E-state index is 0.104. The molecule has 33 heavy (non-hydrogen) atoms. The lowest BCUT2D eigenvalue weighted by atomic mass is 10.1. The Bertz CT molecular complexity index is 1300. The summed E-state index contributed by atoms with van der Waals surface area (Å²) >= 11 is 0. The van der Waals surface area contributed by atoms with Crippen molar-refractivity contribution < 1.29 is 32.0 Å².